The first-order valence-corrected chi connectivity index (χ1v) is 8.34. The van der Waals surface area contributed by atoms with Crippen molar-refractivity contribution < 1.29 is 19.1 Å². The van der Waals surface area contributed by atoms with Crippen molar-refractivity contribution in [2.45, 2.75) is 45.4 Å². The summed E-state index contributed by atoms with van der Waals surface area (Å²) in [5, 5.41) is 2.82. The molecule has 6 heteroatoms. The lowest BCUT2D eigenvalue weighted by Gasteiger charge is -2.31. The Morgan fingerprint density at radius 1 is 1.09 bits per heavy atom. The van der Waals surface area contributed by atoms with Crippen molar-refractivity contribution in [1.82, 2.24) is 10.2 Å². The van der Waals surface area contributed by atoms with Gasteiger partial charge in [-0.05, 0) is 32.1 Å². The minimum absolute atomic E-state index is 0.00469. The van der Waals surface area contributed by atoms with Gasteiger partial charge in [0.1, 0.15) is 6.61 Å². The van der Waals surface area contributed by atoms with E-state index in [-0.39, 0.29) is 36.2 Å². The van der Waals surface area contributed by atoms with Gasteiger partial charge in [-0.15, -0.1) is 0 Å². The molecule has 1 saturated carbocycles. The highest BCUT2D eigenvalue weighted by Crippen LogP contribution is 2.29. The number of amides is 2. The zero-order chi connectivity index (χ0) is 15.9. The average molecular weight is 310 g/mol. The van der Waals surface area contributed by atoms with E-state index in [1.807, 2.05) is 11.8 Å². The smallest absolute Gasteiger partial charge is 0.308 e. The van der Waals surface area contributed by atoms with Crippen LogP contribution in [0.1, 0.15) is 45.4 Å². The monoisotopic (exact) mass is 310 g/mol. The summed E-state index contributed by atoms with van der Waals surface area (Å²) in [5.41, 5.74) is 0. The fraction of sp³-hybridized carbons (Fsp3) is 0.812. The molecule has 0 aromatic heterocycles. The quantitative estimate of drug-likeness (QED) is 0.564. The zero-order valence-electron chi connectivity index (χ0n) is 13.3. The molecule has 2 amide bonds. The van der Waals surface area contributed by atoms with Crippen LogP contribution in [0.15, 0.2) is 0 Å². The Bertz CT molecular complexity index is 412. The van der Waals surface area contributed by atoms with Gasteiger partial charge in [0.25, 0.3) is 0 Å². The number of nitrogens with zero attached hydrogens (tertiary/aromatic N) is 1. The number of hydrogen-bond acceptors (Lipinski definition) is 4. The largest absolute Gasteiger partial charge is 0.464 e. The van der Waals surface area contributed by atoms with Crippen LogP contribution >= 0.6 is 0 Å². The zero-order valence-corrected chi connectivity index (χ0v) is 13.3. The summed E-state index contributed by atoms with van der Waals surface area (Å²) in [6, 6.07) is 0. The fourth-order valence-electron chi connectivity index (χ4n) is 2.67. The van der Waals surface area contributed by atoms with Crippen molar-refractivity contribution >= 4 is 17.8 Å². The highest BCUT2D eigenvalue weighted by atomic mass is 16.5. The molecular formula is C16H26N2O4. The lowest BCUT2D eigenvalue weighted by molar-refractivity contribution is -0.145. The van der Waals surface area contributed by atoms with E-state index < -0.39 is 0 Å². The number of carbonyl (C=O) groups is 3. The Morgan fingerprint density at radius 2 is 1.77 bits per heavy atom. The standard InChI is InChI=1S/C16H26N2O4/c1-2-3-14(19)18-9-6-12(7-10-18)15(20)17-8-11-22-16(21)13-4-5-13/h12-13H,2-11H2,1H3,(H,17,20). The predicted molar refractivity (Wildman–Crippen MR) is 80.9 cm³/mol. The Morgan fingerprint density at radius 3 is 2.36 bits per heavy atom. The summed E-state index contributed by atoms with van der Waals surface area (Å²) in [6.45, 7) is 3.93. The number of esters is 1. The molecule has 2 aliphatic rings. The second-order valence-corrected chi connectivity index (χ2v) is 6.14. The van der Waals surface area contributed by atoms with E-state index in [0.717, 1.165) is 19.3 Å². The van der Waals surface area contributed by atoms with Gasteiger partial charge in [-0.25, -0.2) is 0 Å². The predicted octanol–water partition coefficient (Wildman–Crippen LogP) is 1.09. The topological polar surface area (TPSA) is 75.7 Å². The molecule has 1 heterocycles. The van der Waals surface area contributed by atoms with Crippen LogP contribution in [0.5, 0.6) is 0 Å². The third-order valence-electron chi connectivity index (χ3n) is 4.24. The maximum atomic E-state index is 12.0. The highest BCUT2D eigenvalue weighted by Gasteiger charge is 2.31. The van der Waals surface area contributed by atoms with E-state index in [4.69, 9.17) is 4.74 Å². The van der Waals surface area contributed by atoms with Crippen LogP contribution in [-0.2, 0) is 19.1 Å². The molecule has 6 nitrogen and oxygen atoms in total. The lowest BCUT2D eigenvalue weighted by Crippen LogP contribution is -2.43. The average Bonchev–Trinajstić information content (AvgIpc) is 3.36. The number of nitrogens with one attached hydrogen (secondary N) is 1. The molecule has 1 saturated heterocycles. The first-order chi connectivity index (χ1) is 10.6. The molecule has 0 bridgehead atoms. The van der Waals surface area contributed by atoms with Crippen LogP contribution in [0.25, 0.3) is 0 Å². The molecule has 2 rings (SSSR count). The Hall–Kier alpha value is -1.59. The summed E-state index contributed by atoms with van der Waals surface area (Å²) >= 11 is 0. The van der Waals surface area contributed by atoms with Gasteiger partial charge in [-0.2, -0.15) is 0 Å². The molecular weight excluding hydrogens is 284 g/mol. The normalized spacial score (nSPS) is 18.9. The van der Waals surface area contributed by atoms with Crippen LogP contribution in [0.4, 0.5) is 0 Å². The van der Waals surface area contributed by atoms with Gasteiger partial charge >= 0.3 is 5.97 Å². The van der Waals surface area contributed by atoms with Crippen molar-refractivity contribution in [1.29, 1.82) is 0 Å². The maximum Gasteiger partial charge on any atom is 0.308 e. The minimum atomic E-state index is -0.142. The molecule has 2 fully saturated rings. The fourth-order valence-corrected chi connectivity index (χ4v) is 2.67. The molecule has 0 atom stereocenters. The van der Waals surface area contributed by atoms with Crippen LogP contribution in [-0.4, -0.2) is 48.9 Å². The second-order valence-electron chi connectivity index (χ2n) is 6.14. The van der Waals surface area contributed by atoms with Crippen LogP contribution in [0.3, 0.4) is 0 Å². The summed E-state index contributed by atoms with van der Waals surface area (Å²) in [6.07, 6.45) is 4.73. The van der Waals surface area contributed by atoms with Gasteiger partial charge in [0.05, 0.1) is 12.5 Å². The molecule has 1 aliphatic carbocycles. The van der Waals surface area contributed by atoms with E-state index >= 15 is 0 Å². The van der Waals surface area contributed by atoms with E-state index in [1.165, 1.54) is 0 Å². The molecule has 0 radical (unpaired) electrons. The molecule has 0 unspecified atom stereocenters. The van der Waals surface area contributed by atoms with Gasteiger partial charge in [0, 0.05) is 25.4 Å². The number of rotatable bonds is 7. The van der Waals surface area contributed by atoms with Crippen LogP contribution in [0.2, 0.25) is 0 Å². The van der Waals surface area contributed by atoms with E-state index in [9.17, 15) is 14.4 Å². The number of piperidine rings is 1. The van der Waals surface area contributed by atoms with Crippen molar-refractivity contribution in [2.75, 3.05) is 26.2 Å². The lowest BCUT2D eigenvalue weighted by atomic mass is 9.95. The Labute approximate surface area is 131 Å². The van der Waals surface area contributed by atoms with Gasteiger partial charge in [-0.1, -0.05) is 6.92 Å². The number of ether oxygens (including phenoxy) is 1. The summed E-state index contributed by atoms with van der Waals surface area (Å²) < 4.78 is 5.07. The van der Waals surface area contributed by atoms with E-state index in [2.05, 4.69) is 5.32 Å². The third kappa shape index (κ3) is 5.00. The van der Waals surface area contributed by atoms with Crippen molar-refractivity contribution in [2.24, 2.45) is 11.8 Å². The van der Waals surface area contributed by atoms with Gasteiger partial charge < -0.3 is 15.0 Å². The van der Waals surface area contributed by atoms with E-state index in [0.29, 0.717) is 38.9 Å². The molecule has 124 valence electrons. The Kier molecular flexibility index (Phi) is 6.21. The molecule has 1 N–H and O–H groups in total. The van der Waals surface area contributed by atoms with Crippen LogP contribution < -0.4 is 5.32 Å². The number of carbonyl (C=O) groups excluding carboxylic acids is 3. The molecule has 0 spiro atoms. The van der Waals surface area contributed by atoms with Gasteiger partial charge in [0.2, 0.25) is 11.8 Å². The third-order valence-corrected chi connectivity index (χ3v) is 4.24. The van der Waals surface area contributed by atoms with E-state index in [1.54, 1.807) is 0 Å². The summed E-state index contributed by atoms with van der Waals surface area (Å²) in [4.78, 5) is 37.0. The summed E-state index contributed by atoms with van der Waals surface area (Å²) in [5.74, 6) is 0.112. The summed E-state index contributed by atoms with van der Waals surface area (Å²) in [7, 11) is 0. The highest BCUT2D eigenvalue weighted by molar-refractivity contribution is 5.80. The first-order valence-electron chi connectivity index (χ1n) is 8.34. The van der Waals surface area contributed by atoms with Gasteiger partial charge in [0.15, 0.2) is 0 Å². The number of hydrogen-bond donors (Lipinski definition) is 1. The van der Waals surface area contributed by atoms with Crippen LogP contribution in [0, 0.1) is 11.8 Å². The molecule has 1 aliphatic heterocycles. The minimum Gasteiger partial charge on any atom is -0.464 e. The molecule has 22 heavy (non-hydrogen) atoms. The first kappa shape index (κ1) is 16.8. The maximum absolute atomic E-state index is 12.0. The van der Waals surface area contributed by atoms with Crippen molar-refractivity contribution in [3.05, 3.63) is 0 Å². The molecule has 0 aromatic rings. The second kappa shape index (κ2) is 8.15. The molecule has 0 aromatic carbocycles. The van der Waals surface area contributed by atoms with Crippen molar-refractivity contribution in [3.8, 4) is 0 Å². The Balaban J connectivity index is 1.58. The van der Waals surface area contributed by atoms with Crippen molar-refractivity contribution in [3.63, 3.8) is 0 Å². The SMILES string of the molecule is CCCC(=O)N1CCC(C(=O)NCCOC(=O)C2CC2)CC1. The van der Waals surface area contributed by atoms with Gasteiger partial charge in [-0.3, -0.25) is 14.4 Å². The number of likely N-dealkylation sites (tertiary alicyclic amines) is 1.